The Kier molecular flexibility index (Phi) is 6.54. The van der Waals surface area contributed by atoms with Gasteiger partial charge in [0.15, 0.2) is 0 Å². The summed E-state index contributed by atoms with van der Waals surface area (Å²) in [6, 6.07) is 5.27. The van der Waals surface area contributed by atoms with E-state index in [-0.39, 0.29) is 25.0 Å². The maximum atomic E-state index is 12.2. The van der Waals surface area contributed by atoms with Crippen LogP contribution in [0.1, 0.15) is 27.7 Å². The zero-order valence-corrected chi connectivity index (χ0v) is 14.8. The van der Waals surface area contributed by atoms with Crippen molar-refractivity contribution in [2.24, 2.45) is 11.8 Å². The lowest BCUT2D eigenvalue weighted by atomic mass is 10.2. The third-order valence-electron chi connectivity index (χ3n) is 2.50. The Bertz CT molecular complexity index is 629. The first-order valence-corrected chi connectivity index (χ1v) is 9.76. The highest BCUT2D eigenvalue weighted by atomic mass is 32.2. The molecule has 22 heavy (non-hydrogen) atoms. The predicted octanol–water partition coefficient (Wildman–Crippen LogP) is 2.41. The van der Waals surface area contributed by atoms with Crippen LogP contribution < -0.4 is 0 Å². The molecule has 0 saturated heterocycles. The minimum atomic E-state index is -4.17. The Morgan fingerprint density at radius 2 is 1.09 bits per heavy atom. The molecule has 0 aliphatic heterocycles. The summed E-state index contributed by atoms with van der Waals surface area (Å²) in [5, 5.41) is 0. The molecule has 0 aromatic heterocycles. The van der Waals surface area contributed by atoms with Crippen molar-refractivity contribution in [2.45, 2.75) is 37.5 Å². The van der Waals surface area contributed by atoms with Gasteiger partial charge in [0, 0.05) is 0 Å². The third kappa shape index (κ3) is 5.35. The molecule has 0 atom stereocenters. The van der Waals surface area contributed by atoms with E-state index in [0.29, 0.717) is 0 Å². The topological polar surface area (TPSA) is 86.7 Å². The second-order valence-corrected chi connectivity index (χ2v) is 8.88. The van der Waals surface area contributed by atoms with Gasteiger partial charge in [-0.15, -0.1) is 0 Å². The van der Waals surface area contributed by atoms with Gasteiger partial charge < -0.3 is 0 Å². The van der Waals surface area contributed by atoms with E-state index < -0.39 is 30.0 Å². The summed E-state index contributed by atoms with van der Waals surface area (Å²) in [5.41, 5.74) is 0. The lowest BCUT2D eigenvalue weighted by Crippen LogP contribution is -2.17. The third-order valence-corrected chi connectivity index (χ3v) is 5.31. The molecule has 0 radical (unpaired) electrons. The smallest absolute Gasteiger partial charge is 0.266 e. The monoisotopic (exact) mass is 350 g/mol. The molecule has 0 heterocycles. The Morgan fingerprint density at radius 3 is 1.36 bits per heavy atom. The lowest BCUT2D eigenvalue weighted by Gasteiger charge is -2.13. The van der Waals surface area contributed by atoms with E-state index in [1.165, 1.54) is 24.3 Å². The van der Waals surface area contributed by atoms with Crippen LogP contribution in [-0.2, 0) is 28.6 Å². The molecular weight excluding hydrogens is 328 g/mol. The van der Waals surface area contributed by atoms with Gasteiger partial charge in [0.1, 0.15) is 9.79 Å². The van der Waals surface area contributed by atoms with Crippen molar-refractivity contribution in [1.82, 2.24) is 0 Å². The first-order chi connectivity index (χ1) is 10.1. The summed E-state index contributed by atoms with van der Waals surface area (Å²) >= 11 is 0. The standard InChI is InChI=1S/C14H22O6S2/c1-11(2)9-19-21(15,16)13-7-5-6-8-14(13)22(17,18)20-10-12(3)4/h5-8,11-12H,9-10H2,1-4H3. The van der Waals surface area contributed by atoms with Gasteiger partial charge >= 0.3 is 0 Å². The van der Waals surface area contributed by atoms with Crippen molar-refractivity contribution >= 4 is 20.2 Å². The van der Waals surface area contributed by atoms with Crippen LogP contribution in [0.15, 0.2) is 34.1 Å². The Morgan fingerprint density at radius 1 is 0.773 bits per heavy atom. The first-order valence-electron chi connectivity index (χ1n) is 6.94. The van der Waals surface area contributed by atoms with Gasteiger partial charge in [0.05, 0.1) is 13.2 Å². The van der Waals surface area contributed by atoms with E-state index in [1.807, 2.05) is 0 Å². The molecule has 0 spiro atoms. The molecule has 0 aliphatic carbocycles. The molecule has 1 aromatic rings. The summed E-state index contributed by atoms with van der Waals surface area (Å²) in [5.74, 6) is -0.00790. The summed E-state index contributed by atoms with van der Waals surface area (Å²) in [4.78, 5) is -0.807. The zero-order valence-electron chi connectivity index (χ0n) is 13.1. The SMILES string of the molecule is CC(C)COS(=O)(=O)c1ccccc1S(=O)(=O)OCC(C)C. The fourth-order valence-corrected chi connectivity index (χ4v) is 4.33. The maximum Gasteiger partial charge on any atom is 0.298 e. The zero-order chi connectivity index (χ0) is 17.0. The van der Waals surface area contributed by atoms with Crippen LogP contribution in [0.25, 0.3) is 0 Å². The normalized spacial score (nSPS) is 13.0. The first kappa shape index (κ1) is 19.1. The number of benzene rings is 1. The fourth-order valence-electron chi connectivity index (χ4n) is 1.44. The van der Waals surface area contributed by atoms with E-state index in [4.69, 9.17) is 8.37 Å². The Balaban J connectivity index is 3.19. The van der Waals surface area contributed by atoms with Crippen molar-refractivity contribution in [3.63, 3.8) is 0 Å². The van der Waals surface area contributed by atoms with Crippen molar-refractivity contribution < 1.29 is 25.2 Å². The van der Waals surface area contributed by atoms with E-state index in [1.54, 1.807) is 27.7 Å². The average molecular weight is 350 g/mol. The van der Waals surface area contributed by atoms with Crippen LogP contribution in [0.4, 0.5) is 0 Å². The number of rotatable bonds is 8. The van der Waals surface area contributed by atoms with Gasteiger partial charge in [-0.2, -0.15) is 16.8 Å². The second kappa shape index (κ2) is 7.54. The van der Waals surface area contributed by atoms with Crippen molar-refractivity contribution in [3.05, 3.63) is 24.3 Å². The molecule has 0 N–H and O–H groups in total. The lowest BCUT2D eigenvalue weighted by molar-refractivity contribution is 0.269. The van der Waals surface area contributed by atoms with E-state index in [2.05, 4.69) is 0 Å². The van der Waals surface area contributed by atoms with E-state index >= 15 is 0 Å². The van der Waals surface area contributed by atoms with Crippen LogP contribution in [0.2, 0.25) is 0 Å². The summed E-state index contributed by atoms with van der Waals surface area (Å²) < 4.78 is 58.6. The maximum absolute atomic E-state index is 12.2. The highest BCUT2D eigenvalue weighted by Gasteiger charge is 2.28. The highest BCUT2D eigenvalue weighted by Crippen LogP contribution is 2.24. The van der Waals surface area contributed by atoms with Crippen LogP contribution in [-0.4, -0.2) is 30.0 Å². The average Bonchev–Trinajstić information content (AvgIpc) is 2.43. The van der Waals surface area contributed by atoms with Crippen molar-refractivity contribution in [1.29, 1.82) is 0 Å². The Labute approximate surface area is 132 Å². The largest absolute Gasteiger partial charge is 0.298 e. The van der Waals surface area contributed by atoms with E-state index in [0.717, 1.165) is 0 Å². The molecule has 126 valence electrons. The second-order valence-electron chi connectivity index (χ2n) is 5.71. The molecule has 8 heteroatoms. The van der Waals surface area contributed by atoms with Crippen molar-refractivity contribution in [2.75, 3.05) is 13.2 Å². The van der Waals surface area contributed by atoms with Gasteiger partial charge in [-0.05, 0) is 24.0 Å². The van der Waals surface area contributed by atoms with Gasteiger partial charge in [0.2, 0.25) is 0 Å². The molecular formula is C14H22O6S2. The highest BCUT2D eigenvalue weighted by molar-refractivity contribution is 7.90. The molecule has 6 nitrogen and oxygen atoms in total. The molecule has 0 amide bonds. The molecule has 1 rings (SSSR count). The summed E-state index contributed by atoms with van der Waals surface area (Å²) in [6.07, 6.45) is 0. The van der Waals surface area contributed by atoms with Crippen LogP contribution >= 0.6 is 0 Å². The molecule has 0 saturated carbocycles. The Hall–Kier alpha value is -0.960. The molecule has 0 fully saturated rings. The minimum Gasteiger partial charge on any atom is -0.266 e. The van der Waals surface area contributed by atoms with Gasteiger partial charge in [-0.25, -0.2) is 0 Å². The van der Waals surface area contributed by atoms with Gasteiger partial charge in [0.25, 0.3) is 20.2 Å². The molecule has 1 aromatic carbocycles. The van der Waals surface area contributed by atoms with Gasteiger partial charge in [-0.1, -0.05) is 39.8 Å². The summed E-state index contributed by atoms with van der Waals surface area (Å²) in [7, 11) is -8.33. The molecule has 0 unspecified atom stereocenters. The predicted molar refractivity (Wildman–Crippen MR) is 82.4 cm³/mol. The number of hydrogen-bond donors (Lipinski definition) is 0. The van der Waals surface area contributed by atoms with Gasteiger partial charge in [-0.3, -0.25) is 8.37 Å². The molecule has 0 bridgehead atoms. The number of hydrogen-bond acceptors (Lipinski definition) is 6. The summed E-state index contributed by atoms with van der Waals surface area (Å²) in [6.45, 7) is 7.13. The van der Waals surface area contributed by atoms with Crippen molar-refractivity contribution in [3.8, 4) is 0 Å². The van der Waals surface area contributed by atoms with Crippen LogP contribution in [0.5, 0.6) is 0 Å². The molecule has 0 aliphatic rings. The minimum absolute atomic E-state index is 0.00395. The van der Waals surface area contributed by atoms with E-state index in [9.17, 15) is 16.8 Å². The van der Waals surface area contributed by atoms with Crippen LogP contribution in [0.3, 0.4) is 0 Å². The van der Waals surface area contributed by atoms with Crippen LogP contribution in [0, 0.1) is 11.8 Å². The fraction of sp³-hybridized carbons (Fsp3) is 0.571. The quantitative estimate of drug-likeness (QED) is 0.669.